The Morgan fingerprint density at radius 1 is 1.09 bits per heavy atom. The smallest absolute Gasteiger partial charge is 0.475 e. The molecule has 258 valence electrons. The molecule has 3 amide bonds. The average Bonchev–Trinajstić information content (AvgIpc) is 3.43. The zero-order valence-electron chi connectivity index (χ0n) is 25.4. The Kier molecular flexibility index (Phi) is 15.2. The first kappa shape index (κ1) is 39.1. The van der Waals surface area contributed by atoms with Gasteiger partial charge in [-0.05, 0) is 49.6 Å². The van der Waals surface area contributed by atoms with Gasteiger partial charge in [-0.25, -0.2) is 23.4 Å². The van der Waals surface area contributed by atoms with Gasteiger partial charge in [-0.1, -0.05) is 42.1 Å². The van der Waals surface area contributed by atoms with E-state index < -0.39 is 40.6 Å². The Morgan fingerprint density at radius 2 is 1.74 bits per heavy atom. The minimum atomic E-state index is -5.08. The van der Waals surface area contributed by atoms with Crippen LogP contribution in [-0.2, 0) is 28.8 Å². The maximum atomic E-state index is 14.8. The van der Waals surface area contributed by atoms with Gasteiger partial charge in [0.1, 0.15) is 34.8 Å². The number of aliphatic carboxylic acids is 1. The number of Topliss-reactive ketones (excluding diaryl/α,β-unsaturated/α-hetero) is 1. The molecule has 1 atom stereocenters. The van der Waals surface area contributed by atoms with E-state index in [1.807, 2.05) is 18.2 Å². The number of carboxylic acid groups (broad SMARTS) is 1. The van der Waals surface area contributed by atoms with Crippen LogP contribution in [-0.4, -0.2) is 90.6 Å². The number of amides is 3. The lowest BCUT2D eigenvalue weighted by Gasteiger charge is -2.37. The Labute approximate surface area is 271 Å². The van der Waals surface area contributed by atoms with Gasteiger partial charge in [0.05, 0.1) is 7.11 Å². The quantitative estimate of drug-likeness (QED) is 0.151. The number of ketones is 1. The lowest BCUT2D eigenvalue weighted by Crippen LogP contribution is -2.47. The summed E-state index contributed by atoms with van der Waals surface area (Å²) in [4.78, 5) is 50.1. The fourth-order valence-corrected chi connectivity index (χ4v) is 5.41. The third-order valence-corrected chi connectivity index (χ3v) is 7.76. The molecule has 0 radical (unpaired) electrons. The molecular formula is C29H34F5N5O7S. The molecule has 47 heavy (non-hydrogen) atoms. The van der Waals surface area contributed by atoms with Gasteiger partial charge in [0.15, 0.2) is 5.78 Å². The Hall–Kier alpha value is -4.13. The van der Waals surface area contributed by atoms with Gasteiger partial charge in [0.25, 0.3) is 0 Å². The first-order valence-corrected chi connectivity index (χ1v) is 14.7. The lowest BCUT2D eigenvalue weighted by molar-refractivity contribution is -0.192. The summed E-state index contributed by atoms with van der Waals surface area (Å²) in [6.45, 7) is 0.193. The minimum absolute atomic E-state index is 0.0767. The molecule has 2 aromatic rings. The molecule has 3 rings (SSSR count). The highest BCUT2D eigenvalue weighted by atomic mass is 32.2. The van der Waals surface area contributed by atoms with Crippen LogP contribution in [0.2, 0.25) is 0 Å². The number of carbonyl (C=O) groups excluding carboxylic acids is 3. The van der Waals surface area contributed by atoms with E-state index in [9.17, 15) is 36.3 Å². The van der Waals surface area contributed by atoms with Crippen molar-refractivity contribution in [3.05, 3.63) is 71.3 Å². The number of thioether (sulfide) groups is 1. The zero-order chi connectivity index (χ0) is 35.2. The number of hydrogen-bond donors (Lipinski definition) is 3. The molecule has 2 aromatic carbocycles. The SMILES string of the molecule is CON(C)C(=O)N1N=C(c2cc(F)ccc2F)S[C@@]1(CCCNC(=O)COCC(=O)CCCN)c1ccccc1.O=C(O)C(F)(F)F. The number of ether oxygens (including phenoxy) is 1. The van der Waals surface area contributed by atoms with Crippen LogP contribution in [0.3, 0.4) is 0 Å². The number of rotatable bonds is 14. The molecule has 0 aromatic heterocycles. The third kappa shape index (κ3) is 11.6. The van der Waals surface area contributed by atoms with Gasteiger partial charge in [-0.15, -0.1) is 0 Å². The molecule has 0 aliphatic carbocycles. The van der Waals surface area contributed by atoms with Crippen LogP contribution in [0.25, 0.3) is 0 Å². The van der Waals surface area contributed by atoms with Crippen LogP contribution in [0, 0.1) is 11.6 Å². The van der Waals surface area contributed by atoms with Crippen LogP contribution in [0.5, 0.6) is 0 Å². The minimum Gasteiger partial charge on any atom is -0.475 e. The van der Waals surface area contributed by atoms with Crippen molar-refractivity contribution in [1.29, 1.82) is 0 Å². The first-order valence-electron chi connectivity index (χ1n) is 13.9. The Bertz CT molecular complexity index is 1420. The van der Waals surface area contributed by atoms with E-state index in [2.05, 4.69) is 10.4 Å². The van der Waals surface area contributed by atoms with E-state index >= 15 is 0 Å². The summed E-state index contributed by atoms with van der Waals surface area (Å²) in [5, 5.41) is 16.6. The van der Waals surface area contributed by atoms with Crippen molar-refractivity contribution in [3.8, 4) is 0 Å². The number of carboxylic acids is 1. The molecule has 18 heteroatoms. The van der Waals surface area contributed by atoms with E-state index in [0.29, 0.717) is 31.4 Å². The molecule has 0 fully saturated rings. The predicted octanol–water partition coefficient (Wildman–Crippen LogP) is 4.00. The van der Waals surface area contributed by atoms with Gasteiger partial charge in [0, 0.05) is 25.6 Å². The number of urea groups is 1. The molecule has 4 N–H and O–H groups in total. The zero-order valence-corrected chi connectivity index (χ0v) is 26.2. The van der Waals surface area contributed by atoms with Crippen molar-refractivity contribution < 1.29 is 55.8 Å². The highest BCUT2D eigenvalue weighted by Gasteiger charge is 2.49. The normalized spacial score (nSPS) is 15.7. The lowest BCUT2D eigenvalue weighted by atomic mass is 10.0. The average molecular weight is 692 g/mol. The van der Waals surface area contributed by atoms with Crippen molar-refractivity contribution in [1.82, 2.24) is 15.4 Å². The van der Waals surface area contributed by atoms with Crippen molar-refractivity contribution in [2.45, 2.75) is 36.7 Å². The van der Waals surface area contributed by atoms with Gasteiger partial charge in [-0.2, -0.15) is 23.3 Å². The largest absolute Gasteiger partial charge is 0.490 e. The second-order valence-corrected chi connectivity index (χ2v) is 11.0. The molecule has 0 saturated carbocycles. The van der Waals surface area contributed by atoms with Crippen LogP contribution in [0.1, 0.15) is 36.8 Å². The van der Waals surface area contributed by atoms with E-state index in [1.54, 1.807) is 12.1 Å². The van der Waals surface area contributed by atoms with Crippen molar-refractivity contribution >= 4 is 40.5 Å². The summed E-state index contributed by atoms with van der Waals surface area (Å²) in [5.74, 6) is -4.61. The number of hydrazone groups is 1. The summed E-state index contributed by atoms with van der Waals surface area (Å²) in [5.41, 5.74) is 6.00. The number of nitrogens with zero attached hydrogens (tertiary/aromatic N) is 3. The molecule has 1 heterocycles. The summed E-state index contributed by atoms with van der Waals surface area (Å²) in [6.07, 6.45) is -3.55. The number of halogens is 5. The van der Waals surface area contributed by atoms with Crippen molar-refractivity contribution in [2.75, 3.05) is 40.5 Å². The van der Waals surface area contributed by atoms with Crippen LogP contribution in [0.15, 0.2) is 53.6 Å². The molecule has 0 bridgehead atoms. The van der Waals surface area contributed by atoms with Gasteiger partial charge >= 0.3 is 18.2 Å². The number of nitrogens with one attached hydrogen (secondary N) is 1. The van der Waals surface area contributed by atoms with Gasteiger partial charge in [0.2, 0.25) is 5.91 Å². The molecular weight excluding hydrogens is 657 g/mol. The van der Waals surface area contributed by atoms with Crippen molar-refractivity contribution in [2.24, 2.45) is 10.8 Å². The second-order valence-electron chi connectivity index (χ2n) is 9.74. The number of alkyl halides is 3. The highest BCUT2D eigenvalue weighted by Crippen LogP contribution is 2.51. The van der Waals surface area contributed by atoms with Crippen LogP contribution < -0.4 is 11.1 Å². The molecule has 0 spiro atoms. The summed E-state index contributed by atoms with van der Waals surface area (Å²) in [7, 11) is 2.74. The number of nitrogens with two attached hydrogens (primary N) is 1. The van der Waals surface area contributed by atoms with E-state index in [-0.39, 0.29) is 42.6 Å². The number of carbonyl (C=O) groups is 4. The molecule has 0 unspecified atom stereocenters. The third-order valence-electron chi connectivity index (χ3n) is 6.32. The maximum Gasteiger partial charge on any atom is 0.490 e. The molecule has 0 saturated heterocycles. The van der Waals surface area contributed by atoms with E-state index in [0.717, 1.165) is 35.0 Å². The summed E-state index contributed by atoms with van der Waals surface area (Å²) in [6, 6.07) is 11.5. The van der Waals surface area contributed by atoms with Crippen molar-refractivity contribution in [3.63, 3.8) is 0 Å². The maximum absolute atomic E-state index is 14.8. The topological polar surface area (TPSA) is 164 Å². The fraction of sp³-hybridized carbons (Fsp3) is 0.414. The first-order chi connectivity index (χ1) is 22.2. The molecule has 1 aliphatic heterocycles. The van der Waals surface area contributed by atoms with Gasteiger partial charge < -0.3 is 20.9 Å². The molecule has 1 aliphatic rings. The number of hydroxylamine groups is 2. The fourth-order valence-electron chi connectivity index (χ4n) is 3.99. The number of hydrogen-bond acceptors (Lipinski definition) is 9. The van der Waals surface area contributed by atoms with Crippen LogP contribution >= 0.6 is 11.8 Å². The van der Waals surface area contributed by atoms with Crippen LogP contribution in [0.4, 0.5) is 26.7 Å². The van der Waals surface area contributed by atoms with Gasteiger partial charge in [-0.3, -0.25) is 14.4 Å². The highest BCUT2D eigenvalue weighted by molar-refractivity contribution is 8.15. The monoisotopic (exact) mass is 691 g/mol. The Morgan fingerprint density at radius 3 is 2.34 bits per heavy atom. The Balaban J connectivity index is 0.000000984. The molecule has 12 nitrogen and oxygen atoms in total. The second kappa shape index (κ2) is 18.3. The summed E-state index contributed by atoms with van der Waals surface area (Å²) >= 11 is 1.12. The van der Waals surface area contributed by atoms with E-state index in [1.165, 1.54) is 19.2 Å². The standard InChI is InChI=1S/C27H33F2N5O5S.C2HF3O2/c1-33(38-2)26(37)34-27(19-8-4-3-5-9-19,40-25(32-34)22-16-20(28)11-12-23(22)29)13-7-15-31-24(36)18-39-17-21(35)10-6-14-30;3-2(4,5)1(6)7/h3-5,8-9,11-12,16H,6-7,10,13-15,17-18,30H2,1-2H3,(H,31,36);(H,6,7)/t27-;/m0./s1. The van der Waals surface area contributed by atoms with E-state index in [4.69, 9.17) is 25.2 Å². The predicted molar refractivity (Wildman–Crippen MR) is 161 cm³/mol. The number of benzene rings is 2. The summed E-state index contributed by atoms with van der Waals surface area (Å²) < 4.78 is 65.7.